The monoisotopic (exact) mass is 1110 g/mol. The number of hydrogen-bond acceptors (Lipinski definition) is 14. The number of carbonyl (C=O) groups is 2. The Kier molecular flexibility index (Phi) is 16.3. The Bertz CT molecular complexity index is 2940. The van der Waals surface area contributed by atoms with Gasteiger partial charge in [-0.25, -0.2) is 35.8 Å². The Balaban J connectivity index is 1.35. The van der Waals surface area contributed by atoms with Crippen LogP contribution >= 0.6 is 22.6 Å². The van der Waals surface area contributed by atoms with Crippen LogP contribution in [-0.4, -0.2) is 111 Å². The molecule has 0 bridgehead atoms. The van der Waals surface area contributed by atoms with E-state index in [1.165, 1.54) is 40.2 Å². The van der Waals surface area contributed by atoms with Crippen molar-refractivity contribution in [3.8, 4) is 28.6 Å². The van der Waals surface area contributed by atoms with E-state index in [-0.39, 0.29) is 50.7 Å². The van der Waals surface area contributed by atoms with Gasteiger partial charge in [-0.2, -0.15) is 4.31 Å². The Morgan fingerprint density at radius 3 is 1.81 bits per heavy atom. The molecule has 0 spiro atoms. The topological polar surface area (TPSA) is 223 Å². The number of nitrogens with zero attached hydrogens (tertiary/aromatic N) is 6. The van der Waals surface area contributed by atoms with Crippen LogP contribution in [0.15, 0.2) is 125 Å². The highest BCUT2D eigenvalue weighted by Gasteiger charge is 2.43. The number of rotatable bonds is 18. The van der Waals surface area contributed by atoms with Gasteiger partial charge in [-0.3, -0.25) is 0 Å². The van der Waals surface area contributed by atoms with Gasteiger partial charge in [0.15, 0.2) is 5.82 Å². The number of sulfonamides is 2. The minimum Gasteiger partial charge on any atom is -0.497 e. The second kappa shape index (κ2) is 22.2. The van der Waals surface area contributed by atoms with Crippen LogP contribution in [0.2, 0.25) is 0 Å². The lowest BCUT2D eigenvalue weighted by Crippen LogP contribution is -2.51. The molecule has 1 saturated heterocycles. The molecule has 1 aromatic heterocycles. The zero-order valence-electron chi connectivity index (χ0n) is 39.2. The Morgan fingerprint density at radius 2 is 1.27 bits per heavy atom. The highest BCUT2D eigenvalue weighted by molar-refractivity contribution is 14.1. The van der Waals surface area contributed by atoms with Gasteiger partial charge in [0.05, 0.1) is 45.5 Å². The first-order chi connectivity index (χ1) is 33.4. The molecule has 0 unspecified atom stereocenters. The van der Waals surface area contributed by atoms with Gasteiger partial charge in [0.2, 0.25) is 20.0 Å². The van der Waals surface area contributed by atoms with Gasteiger partial charge in [-0.1, -0.05) is 66.7 Å². The van der Waals surface area contributed by atoms with Gasteiger partial charge in [0.1, 0.15) is 39.2 Å². The molecule has 1 aliphatic heterocycles. The Labute approximate surface area is 420 Å². The number of nitrogens with one attached hydrogen (secondary N) is 2. The molecule has 0 radical (unpaired) electrons. The van der Waals surface area contributed by atoms with E-state index >= 15 is 16.8 Å². The lowest BCUT2D eigenvalue weighted by atomic mass is 10.2. The summed E-state index contributed by atoms with van der Waals surface area (Å²) in [6.45, 7) is 4.18. The smallest absolute Gasteiger partial charge is 0.410 e. The van der Waals surface area contributed by atoms with Gasteiger partial charge < -0.3 is 33.9 Å². The van der Waals surface area contributed by atoms with Crippen LogP contribution in [0.25, 0.3) is 11.4 Å². The summed E-state index contributed by atoms with van der Waals surface area (Å²) in [4.78, 5) is 26.8. The minimum atomic E-state index is -4.93. The van der Waals surface area contributed by atoms with E-state index in [1.54, 1.807) is 125 Å². The quantitative estimate of drug-likeness (QED) is 0.0866. The molecule has 370 valence electrons. The van der Waals surface area contributed by atoms with Gasteiger partial charge >= 0.3 is 12.2 Å². The number of alkyl carbamates (subject to hydrolysis) is 1. The molecule has 0 aliphatic carbocycles. The fraction of sp³-hybridized carbons (Fsp3) is 0.312. The van der Waals surface area contributed by atoms with Crippen molar-refractivity contribution < 1.29 is 50.1 Å². The van der Waals surface area contributed by atoms with Crippen LogP contribution in [0.4, 0.5) is 9.59 Å². The van der Waals surface area contributed by atoms with Gasteiger partial charge in [0, 0.05) is 29.7 Å². The molecule has 19 nitrogen and oxygen atoms in total. The van der Waals surface area contributed by atoms with Crippen molar-refractivity contribution in [3.05, 3.63) is 141 Å². The zero-order valence-corrected chi connectivity index (χ0v) is 43.0. The van der Waals surface area contributed by atoms with Crippen molar-refractivity contribution in [2.24, 2.45) is 0 Å². The molecule has 70 heavy (non-hydrogen) atoms. The lowest BCUT2D eigenvalue weighted by Gasteiger charge is -2.27. The van der Waals surface area contributed by atoms with E-state index in [2.05, 4.69) is 25.6 Å². The van der Waals surface area contributed by atoms with E-state index in [4.69, 9.17) is 23.7 Å². The molecule has 5 aromatic carbocycles. The summed E-state index contributed by atoms with van der Waals surface area (Å²) in [6.07, 6.45) is -1.63. The van der Waals surface area contributed by atoms with Crippen molar-refractivity contribution in [2.75, 3.05) is 34.4 Å². The van der Waals surface area contributed by atoms with Crippen LogP contribution in [0.5, 0.6) is 17.2 Å². The van der Waals surface area contributed by atoms with Crippen LogP contribution in [0.3, 0.4) is 0 Å². The van der Waals surface area contributed by atoms with E-state index in [9.17, 15) is 9.59 Å². The fourth-order valence-corrected chi connectivity index (χ4v) is 12.1. The first-order valence-electron chi connectivity index (χ1n) is 21.8. The van der Waals surface area contributed by atoms with E-state index in [0.717, 1.165) is 5.56 Å². The summed E-state index contributed by atoms with van der Waals surface area (Å²) in [7, 11) is -5.27. The van der Waals surface area contributed by atoms with Crippen molar-refractivity contribution >= 4 is 54.8 Å². The highest BCUT2D eigenvalue weighted by Crippen LogP contribution is 2.39. The number of methoxy groups -OCH3 is 3. The van der Waals surface area contributed by atoms with Gasteiger partial charge in [0.25, 0.3) is 0 Å². The molecule has 2 atom stereocenters. The number of hydrogen-bond donors (Lipinski definition) is 2. The van der Waals surface area contributed by atoms with Crippen molar-refractivity contribution in [1.29, 1.82) is 0 Å². The SMILES string of the molecule is COc1ccc(CN(Cc2ccc(OC)cc2)S(=O)(=O)c2c(S(=O)(=O)N[C@H]3CN(C(=O)OC(C)(C)C)C[C@H]3NC(=O)OCc3ccccc3)ccc(I)c2-c2nnnn2Cc2ccc(OC)cc2)cc1. The molecule has 2 N–H and O–H groups in total. The number of amides is 2. The van der Waals surface area contributed by atoms with E-state index in [1.807, 2.05) is 28.7 Å². The average Bonchev–Trinajstić information content (AvgIpc) is 3.96. The molecule has 0 saturated carbocycles. The maximum atomic E-state index is 15.9. The second-order valence-electron chi connectivity index (χ2n) is 17.2. The summed E-state index contributed by atoms with van der Waals surface area (Å²) in [5.41, 5.74) is 1.59. The molecular formula is C48H53IN8O11S2. The normalized spacial score (nSPS) is 15.1. The number of tetrazole rings is 1. The molecule has 2 amide bonds. The largest absolute Gasteiger partial charge is 0.497 e. The molecule has 7 rings (SSSR count). The maximum absolute atomic E-state index is 15.9. The van der Waals surface area contributed by atoms with Crippen molar-refractivity contribution in [2.45, 2.75) is 74.5 Å². The molecule has 1 fully saturated rings. The number of ether oxygens (including phenoxy) is 5. The van der Waals surface area contributed by atoms with Crippen molar-refractivity contribution in [1.82, 2.24) is 39.5 Å². The Hall–Kier alpha value is -6.34. The highest BCUT2D eigenvalue weighted by atomic mass is 127. The molecular weight excluding hydrogens is 1060 g/mol. The standard InChI is InChI=1S/C48H53IN8O11S2/c1-48(2,3)68-47(59)55-29-40(50-46(58)67-31-35-10-8-7-9-11-35)41(30-55)52-69(60,61)42-25-24-39(49)43(45-51-53-54-57(45)28-34-16-22-38(66-6)23-17-34)44(42)70(62,63)56(26-32-12-18-36(64-4)19-13-32)27-33-14-20-37(65-5)21-15-33/h7-25,40-41,52H,26-31H2,1-6H3,(H,50,58)/t40-,41+/m1/s1. The predicted molar refractivity (Wildman–Crippen MR) is 266 cm³/mol. The fourth-order valence-electron chi connectivity index (χ4n) is 7.56. The van der Waals surface area contributed by atoms with Crippen molar-refractivity contribution in [3.63, 3.8) is 0 Å². The van der Waals surface area contributed by atoms with E-state index in [0.29, 0.717) is 37.5 Å². The maximum Gasteiger partial charge on any atom is 0.410 e. The Morgan fingerprint density at radius 1 is 0.729 bits per heavy atom. The minimum absolute atomic E-state index is 0.0395. The summed E-state index contributed by atoms with van der Waals surface area (Å²) < 4.78 is 95.1. The summed E-state index contributed by atoms with van der Waals surface area (Å²) >= 11 is 1.94. The number of likely N-dealkylation sites (tertiary alicyclic amines) is 1. The lowest BCUT2D eigenvalue weighted by molar-refractivity contribution is 0.0287. The van der Waals surface area contributed by atoms with E-state index < -0.39 is 59.7 Å². The molecule has 6 aromatic rings. The van der Waals surface area contributed by atoms with Gasteiger partial charge in [-0.05, 0) is 125 Å². The molecule has 2 heterocycles. The first-order valence-corrected chi connectivity index (χ1v) is 25.8. The third-order valence-electron chi connectivity index (χ3n) is 11.0. The third-order valence-corrected chi connectivity index (χ3v) is 15.5. The summed E-state index contributed by atoms with van der Waals surface area (Å²) in [5, 5.41) is 15.2. The molecule has 1 aliphatic rings. The third kappa shape index (κ3) is 12.7. The summed E-state index contributed by atoms with van der Waals surface area (Å²) in [6, 6.07) is 30.1. The van der Waals surface area contributed by atoms with Crippen LogP contribution < -0.4 is 24.2 Å². The summed E-state index contributed by atoms with van der Waals surface area (Å²) in [5.74, 6) is 1.67. The zero-order chi connectivity index (χ0) is 50.2. The first kappa shape index (κ1) is 51.5. The van der Waals surface area contributed by atoms with Crippen LogP contribution in [0, 0.1) is 3.57 Å². The second-order valence-corrected chi connectivity index (χ2v) is 21.9. The van der Waals surface area contributed by atoms with Crippen LogP contribution in [-0.2, 0) is 55.8 Å². The number of carbonyl (C=O) groups excluding carboxylic acids is 2. The predicted octanol–water partition coefficient (Wildman–Crippen LogP) is 6.60. The molecule has 22 heteroatoms. The van der Waals surface area contributed by atoms with Gasteiger partial charge in [-0.15, -0.1) is 5.10 Å². The number of benzene rings is 5. The van der Waals surface area contributed by atoms with Crippen LogP contribution in [0.1, 0.15) is 43.0 Å². The average molecular weight is 1110 g/mol. The number of halogens is 1. The number of aromatic nitrogens is 4.